The van der Waals surface area contributed by atoms with Crippen molar-refractivity contribution in [3.05, 3.63) is 87.2 Å². The lowest BCUT2D eigenvalue weighted by atomic mass is 10.2. The second-order valence-electron chi connectivity index (χ2n) is 7.19. The normalized spacial score (nSPS) is 10.8. The summed E-state index contributed by atoms with van der Waals surface area (Å²) < 4.78 is 12.9. The highest BCUT2D eigenvalue weighted by Gasteiger charge is 2.16. The molecule has 0 aliphatic heterocycles. The zero-order chi connectivity index (χ0) is 23.5. The van der Waals surface area contributed by atoms with Gasteiger partial charge in [0.25, 0.3) is 11.5 Å². The molecule has 0 radical (unpaired) electrons. The molecule has 4 rings (SSSR count). The van der Waals surface area contributed by atoms with Crippen LogP contribution in [-0.4, -0.2) is 33.7 Å². The number of ether oxygens (including phenoxy) is 2. The van der Waals surface area contributed by atoms with Gasteiger partial charge in [-0.25, -0.2) is 14.3 Å². The Hall–Kier alpha value is -4.40. The molecule has 1 N–H and O–H groups in total. The second kappa shape index (κ2) is 8.99. The Balaban J connectivity index is 1.74. The van der Waals surface area contributed by atoms with Crippen molar-refractivity contribution in [3.63, 3.8) is 0 Å². The van der Waals surface area contributed by atoms with Crippen molar-refractivity contribution >= 4 is 22.6 Å². The van der Waals surface area contributed by atoms with Crippen LogP contribution in [0, 0.1) is 0 Å². The molecule has 0 aliphatic rings. The van der Waals surface area contributed by atoms with E-state index in [1.165, 1.54) is 23.9 Å². The predicted octanol–water partition coefficient (Wildman–Crippen LogP) is 2.74. The number of methoxy groups -OCH3 is 1. The minimum absolute atomic E-state index is 0.146. The van der Waals surface area contributed by atoms with Crippen molar-refractivity contribution in [3.8, 4) is 17.2 Å². The Morgan fingerprint density at radius 3 is 2.33 bits per heavy atom. The van der Waals surface area contributed by atoms with Crippen LogP contribution in [0.3, 0.4) is 0 Å². The van der Waals surface area contributed by atoms with Gasteiger partial charge in [-0.1, -0.05) is 0 Å². The maximum Gasteiger partial charge on any atom is 0.337 e. The minimum Gasteiger partial charge on any atom is -0.497 e. The second-order valence-corrected chi connectivity index (χ2v) is 7.19. The molecule has 2 aromatic heterocycles. The third kappa shape index (κ3) is 4.20. The number of nitrogens with one attached hydrogen (secondary N) is 1. The Labute approximate surface area is 188 Å². The van der Waals surface area contributed by atoms with E-state index in [1.807, 2.05) is 6.92 Å². The van der Waals surface area contributed by atoms with Crippen LogP contribution >= 0.6 is 0 Å². The first kappa shape index (κ1) is 21.8. The highest BCUT2D eigenvalue weighted by Crippen LogP contribution is 2.19. The van der Waals surface area contributed by atoms with Gasteiger partial charge in [0.05, 0.1) is 30.4 Å². The number of benzene rings is 2. The van der Waals surface area contributed by atoms with Crippen molar-refractivity contribution in [2.75, 3.05) is 19.0 Å². The number of nitrogens with zero attached hydrogens (tertiary/aromatic N) is 3. The van der Waals surface area contributed by atoms with E-state index in [-0.39, 0.29) is 16.6 Å². The maximum atomic E-state index is 12.9. The van der Waals surface area contributed by atoms with Crippen molar-refractivity contribution in [1.29, 1.82) is 0 Å². The summed E-state index contributed by atoms with van der Waals surface area (Å²) in [6, 6.07) is 15.2. The number of pyridine rings is 1. The van der Waals surface area contributed by atoms with Crippen molar-refractivity contribution in [1.82, 2.24) is 14.1 Å². The van der Waals surface area contributed by atoms with Gasteiger partial charge in [-0.05, 0) is 61.5 Å². The van der Waals surface area contributed by atoms with Crippen molar-refractivity contribution < 1.29 is 14.3 Å². The number of carbonyl (C=O) groups excluding carboxylic acids is 1. The number of amides is 1. The molecule has 9 nitrogen and oxygen atoms in total. The molecule has 1 amide bonds. The van der Waals surface area contributed by atoms with E-state index in [2.05, 4.69) is 10.3 Å². The summed E-state index contributed by atoms with van der Waals surface area (Å²) in [5, 5.41) is 2.92. The van der Waals surface area contributed by atoms with Gasteiger partial charge in [0.2, 0.25) is 0 Å². The van der Waals surface area contributed by atoms with Crippen LogP contribution in [0.25, 0.3) is 16.7 Å². The van der Waals surface area contributed by atoms with Gasteiger partial charge in [-0.2, -0.15) is 0 Å². The summed E-state index contributed by atoms with van der Waals surface area (Å²) >= 11 is 0. The van der Waals surface area contributed by atoms with Gasteiger partial charge in [-0.15, -0.1) is 0 Å². The fourth-order valence-electron chi connectivity index (χ4n) is 3.39. The third-order valence-corrected chi connectivity index (χ3v) is 5.11. The van der Waals surface area contributed by atoms with E-state index in [0.29, 0.717) is 29.5 Å². The Morgan fingerprint density at radius 1 is 1.03 bits per heavy atom. The first-order chi connectivity index (χ1) is 15.9. The van der Waals surface area contributed by atoms with E-state index in [4.69, 9.17) is 9.47 Å². The van der Waals surface area contributed by atoms with Gasteiger partial charge in [0.15, 0.2) is 5.65 Å². The first-order valence-corrected chi connectivity index (χ1v) is 10.2. The summed E-state index contributed by atoms with van der Waals surface area (Å²) in [5.74, 6) is 0.891. The number of hydrogen-bond donors (Lipinski definition) is 1. The molecule has 0 bridgehead atoms. The molecule has 168 valence electrons. The number of carbonyl (C=O) groups is 1. The van der Waals surface area contributed by atoms with Gasteiger partial charge in [0.1, 0.15) is 11.5 Å². The van der Waals surface area contributed by atoms with Crippen LogP contribution in [0.5, 0.6) is 11.5 Å². The number of fused-ring (bicyclic) bond motifs is 1. The lowest BCUT2D eigenvalue weighted by molar-refractivity contribution is 0.102. The minimum atomic E-state index is -0.545. The average Bonchev–Trinajstić information content (AvgIpc) is 2.84. The Morgan fingerprint density at radius 2 is 1.70 bits per heavy atom. The van der Waals surface area contributed by atoms with Crippen LogP contribution in [0.2, 0.25) is 0 Å². The van der Waals surface area contributed by atoms with E-state index in [0.717, 1.165) is 4.57 Å². The van der Waals surface area contributed by atoms with E-state index < -0.39 is 17.2 Å². The molecule has 0 fully saturated rings. The average molecular weight is 446 g/mol. The monoisotopic (exact) mass is 446 g/mol. The summed E-state index contributed by atoms with van der Waals surface area (Å²) in [6.45, 7) is 2.44. The van der Waals surface area contributed by atoms with Gasteiger partial charge < -0.3 is 14.8 Å². The molecule has 9 heteroatoms. The van der Waals surface area contributed by atoms with Crippen LogP contribution in [0.4, 0.5) is 5.69 Å². The number of hydrogen-bond acceptors (Lipinski definition) is 6. The SMILES string of the molecule is CCOc1ccc(NC(=O)c2cnc3c(c2)c(=O)n(C)c(=O)n3-c2ccc(OC)cc2)cc1. The van der Waals surface area contributed by atoms with Crippen molar-refractivity contribution in [2.24, 2.45) is 7.05 Å². The quantitative estimate of drug-likeness (QED) is 0.488. The van der Waals surface area contributed by atoms with Gasteiger partial charge in [0, 0.05) is 18.9 Å². The third-order valence-electron chi connectivity index (χ3n) is 5.11. The van der Waals surface area contributed by atoms with E-state index in [9.17, 15) is 14.4 Å². The first-order valence-electron chi connectivity index (χ1n) is 10.2. The summed E-state index contributed by atoms with van der Waals surface area (Å²) in [6.07, 6.45) is 1.34. The smallest absolute Gasteiger partial charge is 0.337 e. The molecule has 2 heterocycles. The zero-order valence-corrected chi connectivity index (χ0v) is 18.4. The summed E-state index contributed by atoms with van der Waals surface area (Å²) in [4.78, 5) is 42.8. The summed E-state index contributed by atoms with van der Waals surface area (Å²) in [7, 11) is 2.93. The maximum absolute atomic E-state index is 12.9. The Kier molecular flexibility index (Phi) is 5.95. The molecule has 0 spiro atoms. The molecular formula is C24H22N4O5. The topological polar surface area (TPSA) is 104 Å². The van der Waals surface area contributed by atoms with Crippen LogP contribution in [0.15, 0.2) is 70.4 Å². The Bertz CT molecular complexity index is 1440. The highest BCUT2D eigenvalue weighted by molar-refractivity contribution is 6.05. The largest absolute Gasteiger partial charge is 0.497 e. The number of anilines is 1. The standard InChI is InChI=1S/C24H22N4O5/c1-4-33-19-9-5-16(6-10-19)26-22(29)15-13-20-21(25-14-15)28(24(31)27(2)23(20)30)17-7-11-18(32-3)12-8-17/h5-14H,4H2,1-3H3,(H,26,29). The fourth-order valence-corrected chi connectivity index (χ4v) is 3.39. The van der Waals surface area contributed by atoms with E-state index >= 15 is 0 Å². The lowest BCUT2D eigenvalue weighted by Crippen LogP contribution is -2.38. The van der Waals surface area contributed by atoms with Crippen LogP contribution < -0.4 is 26.0 Å². The fraction of sp³-hybridized carbons (Fsp3) is 0.167. The van der Waals surface area contributed by atoms with Gasteiger partial charge >= 0.3 is 5.69 Å². The summed E-state index contributed by atoms with van der Waals surface area (Å²) in [5.41, 5.74) is 0.346. The molecule has 0 saturated heterocycles. The zero-order valence-electron chi connectivity index (χ0n) is 18.4. The van der Waals surface area contributed by atoms with Crippen LogP contribution in [-0.2, 0) is 7.05 Å². The van der Waals surface area contributed by atoms with Gasteiger partial charge in [-0.3, -0.25) is 14.2 Å². The molecule has 4 aromatic rings. The predicted molar refractivity (Wildman–Crippen MR) is 125 cm³/mol. The van der Waals surface area contributed by atoms with Crippen LogP contribution in [0.1, 0.15) is 17.3 Å². The number of aromatic nitrogens is 3. The molecule has 33 heavy (non-hydrogen) atoms. The molecule has 0 unspecified atom stereocenters. The molecule has 0 atom stereocenters. The van der Waals surface area contributed by atoms with E-state index in [1.54, 1.807) is 55.6 Å². The highest BCUT2D eigenvalue weighted by atomic mass is 16.5. The number of rotatable bonds is 6. The molecule has 0 saturated carbocycles. The molecular weight excluding hydrogens is 424 g/mol. The van der Waals surface area contributed by atoms with Crippen molar-refractivity contribution in [2.45, 2.75) is 6.92 Å². The lowest BCUT2D eigenvalue weighted by Gasteiger charge is -2.13. The molecule has 2 aromatic carbocycles. The molecule has 0 aliphatic carbocycles.